The molecule has 1 amide bonds. The summed E-state index contributed by atoms with van der Waals surface area (Å²) in [4.78, 5) is 51.1. The van der Waals surface area contributed by atoms with Gasteiger partial charge in [-0.2, -0.15) is 4.79 Å². The molecule has 0 spiro atoms. The highest BCUT2D eigenvalue weighted by Gasteiger charge is 2.33. The first kappa shape index (κ1) is 67.2. The largest absolute Gasteiger partial charge is 0.469 e. The molecule has 66 heavy (non-hydrogen) atoms. The highest BCUT2D eigenvalue weighted by molar-refractivity contribution is 6.40. The van der Waals surface area contributed by atoms with Crippen molar-refractivity contribution in [3.63, 3.8) is 0 Å². The van der Waals surface area contributed by atoms with Gasteiger partial charge in [-0.3, -0.25) is 9.59 Å². The number of nitrogens with zero attached hydrogens (tertiary/aromatic N) is 3. The lowest BCUT2D eigenvalue weighted by atomic mass is 9.86. The Hall–Kier alpha value is -5.36. The van der Waals surface area contributed by atoms with E-state index in [1.165, 1.54) is 53.4 Å². The number of amides is 1. The minimum absolute atomic E-state index is 0. The summed E-state index contributed by atoms with van der Waals surface area (Å²) in [6.45, 7) is 9.39. The third-order valence-electron chi connectivity index (χ3n) is 10.3. The Morgan fingerprint density at radius 1 is 0.591 bits per heavy atom. The highest BCUT2D eigenvalue weighted by Crippen LogP contribution is 2.27. The molecule has 0 aliphatic carbocycles. The average Bonchev–Trinajstić information content (AvgIpc) is 3.29. The van der Waals surface area contributed by atoms with Crippen LogP contribution < -0.4 is 10.6 Å². The summed E-state index contributed by atoms with van der Waals surface area (Å²) in [5.74, 6) is -1.30. The first-order valence-electron chi connectivity index (χ1n) is 21.0. The summed E-state index contributed by atoms with van der Waals surface area (Å²) in [5, 5.41) is 6.86. The fourth-order valence-corrected chi connectivity index (χ4v) is 7.28. The van der Waals surface area contributed by atoms with Crippen LogP contribution in [0.3, 0.4) is 0 Å². The van der Waals surface area contributed by atoms with Gasteiger partial charge < -0.3 is 40.0 Å². The minimum atomic E-state index is -0.659. The van der Waals surface area contributed by atoms with E-state index in [1.807, 2.05) is 81.4 Å². The lowest BCUT2D eigenvalue weighted by Gasteiger charge is -2.29. The maximum Gasteiger partial charge on any atom is 0.422 e. The Kier molecular flexibility index (Phi) is 37.5. The van der Waals surface area contributed by atoms with Gasteiger partial charge in [0.2, 0.25) is 0 Å². The number of carbonyl (C=O) groups is 4. The molecule has 3 aliphatic heterocycles. The fourth-order valence-electron chi connectivity index (χ4n) is 7.28. The lowest BCUT2D eigenvalue weighted by Crippen LogP contribution is -2.42. The Bertz CT molecular complexity index is 1690. The van der Waals surface area contributed by atoms with E-state index in [-0.39, 0.29) is 97.8 Å². The molecule has 3 aliphatic rings. The van der Waals surface area contributed by atoms with Gasteiger partial charge in [0.05, 0.1) is 38.7 Å². The van der Waals surface area contributed by atoms with Gasteiger partial charge in [-0.25, -0.2) is 9.59 Å². The van der Waals surface area contributed by atoms with Crippen molar-refractivity contribution in [1.82, 2.24) is 15.5 Å². The number of benzene rings is 3. The summed E-state index contributed by atoms with van der Waals surface area (Å²) in [6, 6.07) is 28.8. The minimum Gasteiger partial charge on any atom is -0.469 e. The van der Waals surface area contributed by atoms with Crippen molar-refractivity contribution in [2.75, 3.05) is 47.5 Å². The van der Waals surface area contributed by atoms with Gasteiger partial charge in [0, 0.05) is 25.2 Å². The molecule has 3 saturated heterocycles. The SMILES string of the molecule is C.C.C.C.C.C.CC(C)(C)OC(=O)N1CCCCC1.COC(=O)C(=[N+]=[N-])c1ccccc1.COC(=O)[C@@H](c1ccccc1)[C@@H]1CCCCN1.COC(=O)[C@H](c1ccccc1)[C@H]1CCCCN1. The van der Waals surface area contributed by atoms with Crippen LogP contribution in [-0.2, 0) is 33.3 Å². The first-order valence-corrected chi connectivity index (χ1v) is 21.0. The molecule has 3 heterocycles. The highest BCUT2D eigenvalue weighted by atomic mass is 16.6. The van der Waals surface area contributed by atoms with Gasteiger partial charge in [-0.15, -0.1) is 0 Å². The second kappa shape index (κ2) is 36.8. The molecule has 0 radical (unpaired) electrons. The van der Waals surface area contributed by atoms with E-state index in [1.54, 1.807) is 35.2 Å². The lowest BCUT2D eigenvalue weighted by molar-refractivity contribution is -0.144. The van der Waals surface area contributed by atoms with Gasteiger partial charge in [-0.05, 0) is 102 Å². The van der Waals surface area contributed by atoms with Crippen LogP contribution in [0.5, 0.6) is 0 Å². The zero-order chi connectivity index (χ0) is 43.8. The van der Waals surface area contributed by atoms with Crippen LogP contribution in [0.15, 0.2) is 91.0 Å². The van der Waals surface area contributed by atoms with E-state index in [9.17, 15) is 19.2 Å². The van der Waals surface area contributed by atoms with Gasteiger partial charge >= 0.3 is 29.7 Å². The molecule has 6 rings (SSSR count). The molecule has 3 fully saturated rings. The first-order chi connectivity index (χ1) is 28.9. The smallest absolute Gasteiger partial charge is 0.422 e. The van der Waals surface area contributed by atoms with Crippen molar-refractivity contribution in [3.8, 4) is 0 Å². The number of esters is 3. The fraction of sp³-hybridized carbons (Fsp3) is 0.566. The number of nitrogens with one attached hydrogen (secondary N) is 2. The van der Waals surface area contributed by atoms with Crippen LogP contribution in [0.1, 0.15) is 152 Å². The van der Waals surface area contributed by atoms with Crippen molar-refractivity contribution in [2.45, 2.75) is 153 Å². The van der Waals surface area contributed by atoms with Gasteiger partial charge in [0.1, 0.15) is 5.60 Å². The molecular weight excluding hydrogens is 835 g/mol. The van der Waals surface area contributed by atoms with E-state index in [0.29, 0.717) is 5.56 Å². The normalized spacial score (nSPS) is 16.6. The van der Waals surface area contributed by atoms with Gasteiger partial charge in [0.25, 0.3) is 0 Å². The molecule has 374 valence electrons. The number of hydrogen-bond acceptors (Lipinski definition) is 10. The Labute approximate surface area is 400 Å². The van der Waals surface area contributed by atoms with Crippen LogP contribution in [0.4, 0.5) is 4.79 Å². The molecule has 3 aromatic rings. The standard InChI is InChI=1S/2C14H19NO2.C10H19NO2.C9H8N2O2.6CH4/c2*1-17-14(16)13(11-7-3-2-4-8-11)12-9-5-6-10-15-12;1-10(2,3)13-9(12)11-7-5-4-6-8-11;1-13-9(12)8(11-10)7-5-3-2-4-6-7;;;;;;/h2*2-4,7-8,12-13,15H,5-6,9-10H2,1H3;4-8H2,1-3H3;2-6H,1H3;6*1H4/t2*12-,13-;;;;;;;;/m10......../s1. The quantitative estimate of drug-likeness (QED) is 0.0729. The van der Waals surface area contributed by atoms with Gasteiger partial charge in [-0.1, -0.05) is 136 Å². The number of ether oxygens (including phenoxy) is 4. The van der Waals surface area contributed by atoms with E-state index in [2.05, 4.69) is 20.2 Å². The van der Waals surface area contributed by atoms with E-state index in [0.717, 1.165) is 63.0 Å². The monoisotopic (exact) mass is 924 g/mol. The average molecular weight is 924 g/mol. The molecular formula is C53H89N5O8. The van der Waals surface area contributed by atoms with E-state index < -0.39 is 5.97 Å². The number of carbonyl (C=O) groups excluding carboxylic acids is 4. The van der Waals surface area contributed by atoms with E-state index in [4.69, 9.17) is 19.7 Å². The van der Waals surface area contributed by atoms with Crippen molar-refractivity contribution in [2.24, 2.45) is 0 Å². The topological polar surface area (TPSA) is 169 Å². The Morgan fingerprint density at radius 2 is 0.985 bits per heavy atom. The number of hydrogen-bond donors (Lipinski definition) is 2. The number of methoxy groups -OCH3 is 3. The zero-order valence-corrected chi connectivity index (χ0v) is 36.3. The molecule has 2 N–H and O–H groups in total. The van der Waals surface area contributed by atoms with Crippen molar-refractivity contribution < 1.29 is 42.9 Å². The van der Waals surface area contributed by atoms with Crippen molar-refractivity contribution in [1.29, 1.82) is 0 Å². The summed E-state index contributed by atoms with van der Waals surface area (Å²) in [5.41, 5.74) is 10.7. The number of rotatable bonds is 8. The van der Waals surface area contributed by atoms with Crippen molar-refractivity contribution >= 4 is 29.7 Å². The second-order valence-electron chi connectivity index (χ2n) is 15.8. The van der Waals surface area contributed by atoms with E-state index >= 15 is 0 Å². The maximum atomic E-state index is 11.9. The molecule has 0 aromatic heterocycles. The summed E-state index contributed by atoms with van der Waals surface area (Å²) < 4.78 is 19.6. The Morgan fingerprint density at radius 3 is 1.30 bits per heavy atom. The van der Waals surface area contributed by atoms with Crippen LogP contribution in [-0.4, -0.2) is 105 Å². The predicted octanol–water partition coefficient (Wildman–Crippen LogP) is 11.3. The maximum absolute atomic E-state index is 11.9. The Balaban J connectivity index is -0.000000380. The molecule has 13 nitrogen and oxygen atoms in total. The summed E-state index contributed by atoms with van der Waals surface area (Å²) >= 11 is 0. The second-order valence-corrected chi connectivity index (χ2v) is 15.8. The molecule has 13 heteroatoms. The predicted molar refractivity (Wildman–Crippen MR) is 272 cm³/mol. The van der Waals surface area contributed by atoms with Crippen LogP contribution in [0.25, 0.3) is 5.53 Å². The molecule has 0 bridgehead atoms. The number of likely N-dealkylation sites (tertiary alicyclic amines) is 1. The molecule has 3 aromatic carbocycles. The molecule has 0 unspecified atom stereocenters. The summed E-state index contributed by atoms with van der Waals surface area (Å²) in [6.07, 6.45) is 10.1. The van der Waals surface area contributed by atoms with Gasteiger partial charge in [0.15, 0.2) is 0 Å². The zero-order valence-electron chi connectivity index (χ0n) is 36.3. The van der Waals surface area contributed by atoms with Crippen LogP contribution in [0.2, 0.25) is 0 Å². The molecule has 0 saturated carbocycles. The van der Waals surface area contributed by atoms with Crippen molar-refractivity contribution in [3.05, 3.63) is 113 Å². The third kappa shape index (κ3) is 23.2. The summed E-state index contributed by atoms with van der Waals surface area (Å²) in [7, 11) is 4.15. The van der Waals surface area contributed by atoms with Crippen LogP contribution >= 0.6 is 0 Å². The molecule has 4 atom stereocenters. The van der Waals surface area contributed by atoms with Crippen LogP contribution in [0, 0.1) is 0 Å². The third-order valence-corrected chi connectivity index (χ3v) is 10.3. The number of piperidine rings is 3.